The number of amides is 1. The van der Waals surface area contributed by atoms with Crippen LogP contribution in [-0.4, -0.2) is 17.4 Å². The highest BCUT2D eigenvalue weighted by Gasteiger charge is 2.11. The minimum Gasteiger partial charge on any atom is -0.397 e. The van der Waals surface area contributed by atoms with Crippen molar-refractivity contribution < 1.29 is 4.79 Å². The van der Waals surface area contributed by atoms with Crippen LogP contribution in [0.25, 0.3) is 0 Å². The van der Waals surface area contributed by atoms with E-state index in [-0.39, 0.29) is 11.1 Å². The quantitative estimate of drug-likeness (QED) is 0.568. The molecule has 5 heteroatoms. The molecule has 0 saturated carbocycles. The summed E-state index contributed by atoms with van der Waals surface area (Å²) in [7, 11) is 0. The van der Waals surface area contributed by atoms with Crippen LogP contribution < -0.4 is 11.1 Å². The Kier molecular flexibility index (Phi) is 7.37. The third-order valence-corrected chi connectivity index (χ3v) is 3.40. The molecule has 4 nitrogen and oxygen atoms in total. The van der Waals surface area contributed by atoms with Gasteiger partial charge < -0.3 is 11.1 Å². The Labute approximate surface area is 126 Å². The van der Waals surface area contributed by atoms with Crippen LogP contribution in [0.1, 0.15) is 56.3 Å². The maximum absolute atomic E-state index is 11.9. The molecule has 1 rings (SSSR count). The van der Waals surface area contributed by atoms with Gasteiger partial charge in [0.2, 0.25) is 0 Å². The average Bonchev–Trinajstić information content (AvgIpc) is 2.39. The van der Waals surface area contributed by atoms with Gasteiger partial charge in [0.1, 0.15) is 5.15 Å². The third kappa shape index (κ3) is 6.24. The molecule has 0 radical (unpaired) electrons. The van der Waals surface area contributed by atoms with Gasteiger partial charge in [0.15, 0.2) is 0 Å². The average molecular weight is 298 g/mol. The molecule has 1 aromatic heterocycles. The number of carbonyl (C=O) groups excluding carboxylic acids is 1. The Morgan fingerprint density at radius 1 is 1.35 bits per heavy atom. The summed E-state index contributed by atoms with van der Waals surface area (Å²) in [5, 5.41) is 3.04. The first kappa shape index (κ1) is 16.8. The number of hydrogen-bond donors (Lipinski definition) is 2. The van der Waals surface area contributed by atoms with Crippen LogP contribution >= 0.6 is 11.6 Å². The second-order valence-corrected chi connectivity index (χ2v) is 5.82. The zero-order chi connectivity index (χ0) is 15.0. The number of nitrogens with one attached hydrogen (secondary N) is 1. The Balaban J connectivity index is 2.22. The number of pyridine rings is 1. The Bertz CT molecular complexity index is 435. The van der Waals surface area contributed by atoms with E-state index in [1.807, 2.05) is 0 Å². The van der Waals surface area contributed by atoms with Crippen molar-refractivity contribution in [2.75, 3.05) is 12.3 Å². The number of nitrogen functional groups attached to an aromatic ring is 1. The predicted molar refractivity (Wildman–Crippen MR) is 83.9 cm³/mol. The highest BCUT2D eigenvalue weighted by Crippen LogP contribution is 2.15. The van der Waals surface area contributed by atoms with Gasteiger partial charge in [-0.05, 0) is 18.4 Å². The first-order valence-electron chi connectivity index (χ1n) is 7.20. The number of halogens is 1. The lowest BCUT2D eigenvalue weighted by molar-refractivity contribution is 0.0953. The van der Waals surface area contributed by atoms with Crippen LogP contribution in [0, 0.1) is 5.92 Å². The molecular weight excluding hydrogens is 274 g/mol. The first-order valence-corrected chi connectivity index (χ1v) is 7.57. The van der Waals surface area contributed by atoms with E-state index < -0.39 is 0 Å². The van der Waals surface area contributed by atoms with E-state index in [2.05, 4.69) is 24.1 Å². The number of nitrogens with two attached hydrogens (primary N) is 1. The van der Waals surface area contributed by atoms with E-state index in [1.54, 1.807) is 6.07 Å². The molecule has 0 atom stereocenters. The SMILES string of the molecule is CC(C)CCCCCCNC(=O)c1cc(N)cnc1Cl. The highest BCUT2D eigenvalue weighted by atomic mass is 35.5. The normalized spacial score (nSPS) is 10.8. The molecular formula is C15H24ClN3O. The van der Waals surface area contributed by atoms with E-state index in [4.69, 9.17) is 17.3 Å². The van der Waals surface area contributed by atoms with Crippen molar-refractivity contribution in [1.82, 2.24) is 10.3 Å². The van der Waals surface area contributed by atoms with E-state index in [0.717, 1.165) is 18.8 Å². The van der Waals surface area contributed by atoms with Crippen LogP contribution in [0.3, 0.4) is 0 Å². The molecule has 0 aromatic carbocycles. The van der Waals surface area contributed by atoms with Crippen molar-refractivity contribution >= 4 is 23.2 Å². The molecule has 0 aliphatic carbocycles. The van der Waals surface area contributed by atoms with E-state index in [0.29, 0.717) is 17.8 Å². The lowest BCUT2D eigenvalue weighted by Gasteiger charge is -2.07. The zero-order valence-electron chi connectivity index (χ0n) is 12.3. The fraction of sp³-hybridized carbons (Fsp3) is 0.600. The summed E-state index contributed by atoms with van der Waals surface area (Å²) in [5.41, 5.74) is 6.38. The van der Waals surface area contributed by atoms with Crippen LogP contribution in [0.2, 0.25) is 5.15 Å². The third-order valence-electron chi connectivity index (χ3n) is 3.10. The second-order valence-electron chi connectivity index (χ2n) is 5.46. The van der Waals surface area contributed by atoms with Gasteiger partial charge in [-0.25, -0.2) is 4.98 Å². The first-order chi connectivity index (χ1) is 9.50. The summed E-state index contributed by atoms with van der Waals surface area (Å²) >= 11 is 5.87. The molecule has 1 amide bonds. The molecule has 0 aliphatic heterocycles. The standard InChI is InChI=1S/C15H24ClN3O/c1-11(2)7-5-3-4-6-8-18-15(20)13-9-12(17)10-19-14(13)16/h9-11H,3-8,17H2,1-2H3,(H,18,20). The summed E-state index contributed by atoms with van der Waals surface area (Å²) < 4.78 is 0. The van der Waals surface area contributed by atoms with Crippen molar-refractivity contribution in [3.8, 4) is 0 Å². The number of rotatable bonds is 8. The smallest absolute Gasteiger partial charge is 0.254 e. The largest absolute Gasteiger partial charge is 0.397 e. The topological polar surface area (TPSA) is 68.0 Å². The van der Waals surface area contributed by atoms with Gasteiger partial charge in [-0.15, -0.1) is 0 Å². The number of unbranched alkanes of at least 4 members (excludes halogenated alkanes) is 3. The molecule has 0 fully saturated rings. The highest BCUT2D eigenvalue weighted by molar-refractivity contribution is 6.32. The maximum Gasteiger partial charge on any atom is 0.254 e. The molecule has 0 spiro atoms. The minimum absolute atomic E-state index is 0.189. The minimum atomic E-state index is -0.211. The fourth-order valence-corrected chi connectivity index (χ4v) is 2.14. The number of anilines is 1. The van der Waals surface area contributed by atoms with Gasteiger partial charge in [0.25, 0.3) is 5.91 Å². The van der Waals surface area contributed by atoms with Crippen LogP contribution in [0.5, 0.6) is 0 Å². The monoisotopic (exact) mass is 297 g/mol. The van der Waals surface area contributed by atoms with Crippen molar-refractivity contribution in [2.24, 2.45) is 5.92 Å². The van der Waals surface area contributed by atoms with Gasteiger partial charge in [-0.1, -0.05) is 51.1 Å². The molecule has 1 heterocycles. The summed E-state index contributed by atoms with van der Waals surface area (Å²) in [4.78, 5) is 15.8. The molecule has 0 aliphatic rings. The van der Waals surface area contributed by atoms with E-state index in [9.17, 15) is 4.79 Å². The van der Waals surface area contributed by atoms with Crippen LogP contribution in [0.15, 0.2) is 12.3 Å². The summed E-state index contributed by atoms with van der Waals surface area (Å²) in [6.07, 6.45) is 7.31. The van der Waals surface area contributed by atoms with Gasteiger partial charge in [0.05, 0.1) is 17.4 Å². The van der Waals surface area contributed by atoms with E-state index in [1.165, 1.54) is 25.5 Å². The van der Waals surface area contributed by atoms with Gasteiger partial charge >= 0.3 is 0 Å². The molecule has 0 bridgehead atoms. The Morgan fingerprint density at radius 3 is 2.75 bits per heavy atom. The molecule has 3 N–H and O–H groups in total. The molecule has 0 saturated heterocycles. The second kappa shape index (κ2) is 8.80. The lowest BCUT2D eigenvalue weighted by atomic mass is 10.0. The lowest BCUT2D eigenvalue weighted by Crippen LogP contribution is -2.25. The van der Waals surface area contributed by atoms with Crippen molar-refractivity contribution in [1.29, 1.82) is 0 Å². The molecule has 112 valence electrons. The Morgan fingerprint density at radius 2 is 2.05 bits per heavy atom. The predicted octanol–water partition coefficient (Wildman–Crippen LogP) is 3.65. The zero-order valence-corrected chi connectivity index (χ0v) is 13.0. The van der Waals surface area contributed by atoms with Crippen LogP contribution in [-0.2, 0) is 0 Å². The van der Waals surface area contributed by atoms with Crippen LogP contribution in [0.4, 0.5) is 5.69 Å². The van der Waals surface area contributed by atoms with Crippen molar-refractivity contribution in [3.05, 3.63) is 23.0 Å². The Hall–Kier alpha value is -1.29. The summed E-state index contributed by atoms with van der Waals surface area (Å²) in [6, 6.07) is 1.55. The van der Waals surface area contributed by atoms with Crippen molar-refractivity contribution in [2.45, 2.75) is 46.0 Å². The molecule has 0 unspecified atom stereocenters. The van der Waals surface area contributed by atoms with Gasteiger partial charge in [-0.2, -0.15) is 0 Å². The number of carbonyl (C=O) groups is 1. The fourth-order valence-electron chi connectivity index (χ4n) is 1.95. The summed E-state index contributed by atoms with van der Waals surface area (Å²) in [6.45, 7) is 5.14. The summed E-state index contributed by atoms with van der Waals surface area (Å²) in [5.74, 6) is 0.560. The number of aromatic nitrogens is 1. The van der Waals surface area contributed by atoms with E-state index >= 15 is 0 Å². The molecule has 1 aromatic rings. The maximum atomic E-state index is 11.9. The molecule has 20 heavy (non-hydrogen) atoms. The number of hydrogen-bond acceptors (Lipinski definition) is 3. The number of nitrogens with zero attached hydrogens (tertiary/aromatic N) is 1. The van der Waals surface area contributed by atoms with Gasteiger partial charge in [-0.3, -0.25) is 4.79 Å². The van der Waals surface area contributed by atoms with Gasteiger partial charge in [0, 0.05) is 6.54 Å². The van der Waals surface area contributed by atoms with Crippen molar-refractivity contribution in [3.63, 3.8) is 0 Å².